The molecule has 0 fully saturated rings. The lowest BCUT2D eigenvalue weighted by Gasteiger charge is -1.99. The molecule has 0 saturated carbocycles. The fourth-order valence-electron chi connectivity index (χ4n) is 1.20. The number of ether oxygens (including phenoxy) is 1. The maximum absolute atomic E-state index is 11.3. The number of nitro groups is 1. The van der Waals surface area contributed by atoms with Gasteiger partial charge in [-0.2, -0.15) is 5.26 Å². The quantitative estimate of drug-likeness (QED) is 0.266. The van der Waals surface area contributed by atoms with Crippen LogP contribution in [0, 0.1) is 21.4 Å². The summed E-state index contributed by atoms with van der Waals surface area (Å²) in [6, 6.07) is 7.23. The van der Waals surface area contributed by atoms with E-state index in [0.717, 1.165) is 0 Å². The third-order valence-corrected chi connectivity index (χ3v) is 2.03. The lowest BCUT2D eigenvalue weighted by Crippen LogP contribution is -2.05. The summed E-state index contributed by atoms with van der Waals surface area (Å²) in [6.45, 7) is 1.82. The van der Waals surface area contributed by atoms with Gasteiger partial charge in [-0.15, -0.1) is 0 Å². The summed E-state index contributed by atoms with van der Waals surface area (Å²) in [6.07, 6.45) is 1.32. The number of carbonyl (C=O) groups excluding carboxylic acids is 1. The number of benzene rings is 1. The highest BCUT2D eigenvalue weighted by atomic mass is 16.6. The minimum Gasteiger partial charge on any atom is -0.462 e. The molecule has 0 aromatic heterocycles. The van der Waals surface area contributed by atoms with Crippen LogP contribution < -0.4 is 0 Å². The van der Waals surface area contributed by atoms with E-state index in [4.69, 9.17) is 10.00 Å². The van der Waals surface area contributed by atoms with Gasteiger partial charge < -0.3 is 4.74 Å². The standard InChI is InChI=1S/C12H10N2O4/c1-2-18-12(15)10(8-13)7-9-3-5-11(6-4-9)14(16)17/h3-7H,2H2,1H3/b10-7-. The van der Waals surface area contributed by atoms with E-state index in [1.807, 2.05) is 0 Å². The number of hydrogen-bond donors (Lipinski definition) is 0. The molecule has 0 atom stereocenters. The van der Waals surface area contributed by atoms with Gasteiger partial charge in [0.1, 0.15) is 11.6 Å². The third-order valence-electron chi connectivity index (χ3n) is 2.03. The van der Waals surface area contributed by atoms with Crippen molar-refractivity contribution < 1.29 is 14.5 Å². The molecule has 0 saturated heterocycles. The molecular weight excluding hydrogens is 236 g/mol. The summed E-state index contributed by atoms with van der Waals surface area (Å²) in [5.74, 6) is -0.710. The van der Waals surface area contributed by atoms with Crippen molar-refractivity contribution in [1.29, 1.82) is 5.26 Å². The fraction of sp³-hybridized carbons (Fsp3) is 0.167. The number of nitro benzene ring substituents is 1. The SMILES string of the molecule is CCOC(=O)/C(C#N)=C\c1ccc([N+](=O)[O-])cc1. The largest absolute Gasteiger partial charge is 0.462 e. The van der Waals surface area contributed by atoms with E-state index in [-0.39, 0.29) is 17.9 Å². The van der Waals surface area contributed by atoms with Crippen molar-refractivity contribution >= 4 is 17.7 Å². The first-order valence-corrected chi connectivity index (χ1v) is 5.12. The van der Waals surface area contributed by atoms with Gasteiger partial charge in [-0.25, -0.2) is 4.79 Å². The van der Waals surface area contributed by atoms with Crippen molar-refractivity contribution in [1.82, 2.24) is 0 Å². The third kappa shape index (κ3) is 3.42. The van der Waals surface area contributed by atoms with Crippen LogP contribution in [0.4, 0.5) is 5.69 Å². The number of carbonyl (C=O) groups is 1. The molecule has 18 heavy (non-hydrogen) atoms. The van der Waals surface area contributed by atoms with Crippen molar-refractivity contribution in [2.75, 3.05) is 6.61 Å². The number of rotatable bonds is 4. The number of nitriles is 1. The van der Waals surface area contributed by atoms with Gasteiger partial charge in [-0.05, 0) is 30.7 Å². The molecule has 0 aliphatic heterocycles. The van der Waals surface area contributed by atoms with Crippen molar-refractivity contribution in [3.05, 3.63) is 45.5 Å². The van der Waals surface area contributed by atoms with Gasteiger partial charge in [-0.3, -0.25) is 10.1 Å². The Morgan fingerprint density at radius 2 is 2.11 bits per heavy atom. The molecule has 0 unspecified atom stereocenters. The molecule has 92 valence electrons. The Hall–Kier alpha value is -2.68. The average Bonchev–Trinajstić information content (AvgIpc) is 2.36. The molecule has 6 heteroatoms. The predicted molar refractivity (Wildman–Crippen MR) is 63.3 cm³/mol. The number of nitrogens with zero attached hydrogens (tertiary/aromatic N) is 2. The average molecular weight is 246 g/mol. The first kappa shape index (κ1) is 13.4. The molecule has 0 aliphatic rings. The van der Waals surface area contributed by atoms with E-state index in [9.17, 15) is 14.9 Å². The van der Waals surface area contributed by atoms with E-state index in [0.29, 0.717) is 5.56 Å². The summed E-state index contributed by atoms with van der Waals surface area (Å²) < 4.78 is 4.69. The first-order valence-electron chi connectivity index (χ1n) is 5.12. The zero-order valence-electron chi connectivity index (χ0n) is 9.62. The monoisotopic (exact) mass is 246 g/mol. The fourth-order valence-corrected chi connectivity index (χ4v) is 1.20. The molecule has 1 rings (SSSR count). The topological polar surface area (TPSA) is 93.2 Å². The maximum atomic E-state index is 11.3. The Labute approximate surface area is 103 Å². The van der Waals surface area contributed by atoms with E-state index in [1.165, 1.54) is 30.3 Å². The van der Waals surface area contributed by atoms with Gasteiger partial charge in [0.2, 0.25) is 0 Å². The normalized spacial score (nSPS) is 10.6. The molecule has 0 spiro atoms. The van der Waals surface area contributed by atoms with Crippen LogP contribution in [0.5, 0.6) is 0 Å². The van der Waals surface area contributed by atoms with Crippen LogP contribution in [0.15, 0.2) is 29.8 Å². The second-order valence-corrected chi connectivity index (χ2v) is 3.24. The zero-order valence-corrected chi connectivity index (χ0v) is 9.62. The highest BCUT2D eigenvalue weighted by Gasteiger charge is 2.10. The smallest absolute Gasteiger partial charge is 0.348 e. The number of esters is 1. The summed E-state index contributed by atoms with van der Waals surface area (Å²) in [4.78, 5) is 21.3. The highest BCUT2D eigenvalue weighted by molar-refractivity contribution is 5.97. The zero-order chi connectivity index (χ0) is 13.5. The van der Waals surface area contributed by atoms with E-state index >= 15 is 0 Å². The van der Waals surface area contributed by atoms with E-state index in [2.05, 4.69) is 0 Å². The second-order valence-electron chi connectivity index (χ2n) is 3.24. The molecule has 0 aliphatic carbocycles. The van der Waals surface area contributed by atoms with Crippen LogP contribution in [0.1, 0.15) is 12.5 Å². The Kier molecular flexibility index (Phi) is 4.58. The molecule has 0 radical (unpaired) electrons. The van der Waals surface area contributed by atoms with Gasteiger partial charge in [0.05, 0.1) is 11.5 Å². The van der Waals surface area contributed by atoms with Gasteiger partial charge in [-0.1, -0.05) is 0 Å². The minimum atomic E-state index is -0.710. The molecule has 0 N–H and O–H groups in total. The first-order chi connectivity index (χ1) is 8.58. The number of hydrogen-bond acceptors (Lipinski definition) is 5. The Balaban J connectivity index is 2.97. The lowest BCUT2D eigenvalue weighted by molar-refractivity contribution is -0.384. The van der Waals surface area contributed by atoms with Gasteiger partial charge >= 0.3 is 5.97 Å². The van der Waals surface area contributed by atoms with Crippen molar-refractivity contribution in [2.45, 2.75) is 6.92 Å². The summed E-state index contributed by atoms with van der Waals surface area (Å²) in [7, 11) is 0. The van der Waals surface area contributed by atoms with Gasteiger partial charge in [0.25, 0.3) is 5.69 Å². The van der Waals surface area contributed by atoms with Crippen LogP contribution in [0.25, 0.3) is 6.08 Å². The second kappa shape index (κ2) is 6.15. The molecular formula is C12H10N2O4. The molecule has 0 bridgehead atoms. The summed E-state index contributed by atoms with van der Waals surface area (Å²) in [5.41, 5.74) is 0.317. The molecule has 0 heterocycles. The van der Waals surface area contributed by atoms with Crippen molar-refractivity contribution in [3.8, 4) is 6.07 Å². The Morgan fingerprint density at radius 1 is 1.50 bits per heavy atom. The molecule has 0 amide bonds. The minimum absolute atomic E-state index is 0.0539. The summed E-state index contributed by atoms with van der Waals surface area (Å²) in [5, 5.41) is 19.2. The number of non-ortho nitro benzene ring substituents is 1. The molecule has 1 aromatic carbocycles. The van der Waals surface area contributed by atoms with Crippen LogP contribution in [-0.4, -0.2) is 17.5 Å². The van der Waals surface area contributed by atoms with Gasteiger partial charge in [0, 0.05) is 12.1 Å². The lowest BCUT2D eigenvalue weighted by atomic mass is 10.1. The van der Waals surface area contributed by atoms with E-state index < -0.39 is 10.9 Å². The van der Waals surface area contributed by atoms with Crippen molar-refractivity contribution in [3.63, 3.8) is 0 Å². The molecule has 6 nitrogen and oxygen atoms in total. The van der Waals surface area contributed by atoms with Crippen molar-refractivity contribution in [2.24, 2.45) is 0 Å². The van der Waals surface area contributed by atoms with Crippen LogP contribution >= 0.6 is 0 Å². The predicted octanol–water partition coefficient (Wildman–Crippen LogP) is 2.06. The molecule has 1 aromatic rings. The Bertz CT molecular complexity index is 526. The Morgan fingerprint density at radius 3 is 2.56 bits per heavy atom. The summed E-state index contributed by atoms with van der Waals surface area (Å²) >= 11 is 0. The highest BCUT2D eigenvalue weighted by Crippen LogP contribution is 2.14. The van der Waals surface area contributed by atoms with Crippen LogP contribution in [0.3, 0.4) is 0 Å². The maximum Gasteiger partial charge on any atom is 0.348 e. The van der Waals surface area contributed by atoms with Gasteiger partial charge in [0.15, 0.2) is 0 Å². The van der Waals surface area contributed by atoms with Crippen LogP contribution in [-0.2, 0) is 9.53 Å². The van der Waals surface area contributed by atoms with Crippen LogP contribution in [0.2, 0.25) is 0 Å². The van der Waals surface area contributed by atoms with E-state index in [1.54, 1.807) is 13.0 Å².